The molecule has 2 atom stereocenters. The fourth-order valence-corrected chi connectivity index (χ4v) is 2.90. The minimum absolute atomic E-state index is 0.234. The number of hydrogen-bond donors (Lipinski definition) is 2. The number of nitrogens with zero attached hydrogens (tertiary/aromatic N) is 2. The lowest BCUT2D eigenvalue weighted by Crippen LogP contribution is -2.46. The zero-order valence-corrected chi connectivity index (χ0v) is 12.1. The number of carbonyl (C=O) groups excluding carboxylic acids is 1. The summed E-state index contributed by atoms with van der Waals surface area (Å²) in [7, 11) is 0. The van der Waals surface area contributed by atoms with E-state index in [4.69, 9.17) is 11.5 Å². The van der Waals surface area contributed by atoms with Gasteiger partial charge in [0.25, 0.3) is 0 Å². The molecule has 1 aliphatic rings. The van der Waals surface area contributed by atoms with Gasteiger partial charge in [0, 0.05) is 24.5 Å². The molecule has 110 valence electrons. The van der Waals surface area contributed by atoms with Crippen LogP contribution >= 0.6 is 0 Å². The Bertz CT molecular complexity index is 685. The number of amides is 1. The van der Waals surface area contributed by atoms with Crippen LogP contribution in [0.2, 0.25) is 0 Å². The van der Waals surface area contributed by atoms with Crippen LogP contribution < -0.4 is 16.4 Å². The van der Waals surface area contributed by atoms with Gasteiger partial charge in [-0.25, -0.2) is 4.98 Å². The maximum absolute atomic E-state index is 11.7. The number of piperidine rings is 1. The summed E-state index contributed by atoms with van der Waals surface area (Å²) in [5, 5.41) is 0.801. The molecule has 2 aromatic rings. The van der Waals surface area contributed by atoms with Crippen LogP contribution in [0, 0.1) is 5.92 Å². The Morgan fingerprint density at radius 2 is 2.14 bits per heavy atom. The fourth-order valence-electron chi connectivity index (χ4n) is 2.90. The van der Waals surface area contributed by atoms with E-state index >= 15 is 0 Å². The molecule has 1 aromatic heterocycles. The monoisotopic (exact) mass is 284 g/mol. The van der Waals surface area contributed by atoms with Crippen LogP contribution in [0.5, 0.6) is 0 Å². The molecule has 1 fully saturated rings. The third-order valence-electron chi connectivity index (χ3n) is 4.26. The predicted octanol–water partition coefficient (Wildman–Crippen LogP) is 1.51. The number of rotatable bonds is 2. The highest BCUT2D eigenvalue weighted by molar-refractivity contribution is 6.06. The van der Waals surface area contributed by atoms with E-state index < -0.39 is 5.91 Å². The smallest absolute Gasteiger partial charge is 0.249 e. The van der Waals surface area contributed by atoms with Gasteiger partial charge in [-0.3, -0.25) is 4.79 Å². The van der Waals surface area contributed by atoms with Gasteiger partial charge in [-0.1, -0.05) is 25.1 Å². The van der Waals surface area contributed by atoms with Gasteiger partial charge in [-0.15, -0.1) is 0 Å². The molecular weight excluding hydrogens is 264 g/mol. The molecule has 21 heavy (non-hydrogen) atoms. The first-order valence-electron chi connectivity index (χ1n) is 7.26. The number of anilines is 1. The lowest BCUT2D eigenvalue weighted by atomic mass is 9.94. The highest BCUT2D eigenvalue weighted by Gasteiger charge is 2.24. The van der Waals surface area contributed by atoms with Gasteiger partial charge >= 0.3 is 0 Å². The van der Waals surface area contributed by atoms with Gasteiger partial charge in [-0.2, -0.15) is 0 Å². The van der Waals surface area contributed by atoms with Crippen LogP contribution in [-0.2, 0) is 0 Å². The zero-order chi connectivity index (χ0) is 15.0. The van der Waals surface area contributed by atoms with Crippen LogP contribution in [0.1, 0.15) is 23.7 Å². The molecule has 0 radical (unpaired) electrons. The lowest BCUT2D eigenvalue weighted by molar-refractivity contribution is 0.100. The van der Waals surface area contributed by atoms with E-state index in [0.29, 0.717) is 11.5 Å². The van der Waals surface area contributed by atoms with Crippen LogP contribution in [0.25, 0.3) is 10.9 Å². The van der Waals surface area contributed by atoms with E-state index in [2.05, 4.69) is 16.8 Å². The molecule has 5 nitrogen and oxygen atoms in total. The normalized spacial score (nSPS) is 22.5. The van der Waals surface area contributed by atoms with Gasteiger partial charge in [0.05, 0.1) is 11.1 Å². The second-order valence-electron chi connectivity index (χ2n) is 5.79. The first-order chi connectivity index (χ1) is 10.1. The van der Waals surface area contributed by atoms with E-state index in [0.717, 1.165) is 36.2 Å². The molecule has 2 heterocycles. The van der Waals surface area contributed by atoms with Gasteiger partial charge in [0.2, 0.25) is 5.91 Å². The molecule has 1 aromatic carbocycles. The first kappa shape index (κ1) is 13.8. The topological polar surface area (TPSA) is 85.2 Å². The highest BCUT2D eigenvalue weighted by atomic mass is 16.1. The number of primary amides is 1. The molecule has 4 N–H and O–H groups in total. The predicted molar refractivity (Wildman–Crippen MR) is 84.2 cm³/mol. The Balaban J connectivity index is 2.05. The molecule has 1 amide bonds. The summed E-state index contributed by atoms with van der Waals surface area (Å²) in [5.74, 6) is 0.793. The second-order valence-corrected chi connectivity index (χ2v) is 5.79. The maximum atomic E-state index is 11.7. The van der Waals surface area contributed by atoms with Crippen molar-refractivity contribution in [2.45, 2.75) is 19.4 Å². The number of pyridine rings is 1. The van der Waals surface area contributed by atoms with E-state index in [9.17, 15) is 4.79 Å². The van der Waals surface area contributed by atoms with Crippen molar-refractivity contribution in [1.29, 1.82) is 0 Å². The Morgan fingerprint density at radius 3 is 2.86 bits per heavy atom. The standard InChI is InChI=1S/C16H20N4O/c1-10-9-20(7-6-13(10)17)15-8-12(16(18)21)11-4-2-3-5-14(11)19-15/h2-5,8,10,13H,6-7,9,17H2,1H3,(H2,18,21). The Kier molecular flexibility index (Phi) is 3.51. The number of para-hydroxylation sites is 1. The average molecular weight is 284 g/mol. The van der Waals surface area contributed by atoms with Crippen molar-refractivity contribution < 1.29 is 4.79 Å². The summed E-state index contributed by atoms with van der Waals surface area (Å²) in [4.78, 5) is 18.6. The highest BCUT2D eigenvalue weighted by Crippen LogP contribution is 2.26. The Hall–Kier alpha value is -2.14. The van der Waals surface area contributed by atoms with Crippen LogP contribution in [0.4, 0.5) is 5.82 Å². The van der Waals surface area contributed by atoms with Crippen LogP contribution in [0.3, 0.4) is 0 Å². The summed E-state index contributed by atoms with van der Waals surface area (Å²) in [5.41, 5.74) is 12.9. The number of aromatic nitrogens is 1. The fraction of sp³-hybridized carbons (Fsp3) is 0.375. The van der Waals surface area contributed by atoms with Crippen molar-refractivity contribution in [2.24, 2.45) is 17.4 Å². The van der Waals surface area contributed by atoms with Gasteiger partial charge in [0.15, 0.2) is 0 Å². The zero-order valence-electron chi connectivity index (χ0n) is 12.1. The molecule has 0 saturated carbocycles. The van der Waals surface area contributed by atoms with Crippen LogP contribution in [0.15, 0.2) is 30.3 Å². The SMILES string of the molecule is CC1CN(c2cc(C(N)=O)c3ccccc3n2)CCC1N. The molecule has 1 saturated heterocycles. The molecule has 1 aliphatic heterocycles. The number of hydrogen-bond acceptors (Lipinski definition) is 4. The van der Waals surface area contributed by atoms with Crippen molar-refractivity contribution >= 4 is 22.6 Å². The van der Waals surface area contributed by atoms with E-state index in [-0.39, 0.29) is 6.04 Å². The quantitative estimate of drug-likeness (QED) is 0.875. The summed E-state index contributed by atoms with van der Waals surface area (Å²) in [6.45, 7) is 3.85. The Labute approximate surface area is 123 Å². The third kappa shape index (κ3) is 2.56. The number of carbonyl (C=O) groups is 1. The maximum Gasteiger partial charge on any atom is 0.249 e. The summed E-state index contributed by atoms with van der Waals surface area (Å²) >= 11 is 0. The lowest BCUT2D eigenvalue weighted by Gasteiger charge is -2.36. The molecule has 0 spiro atoms. The molecule has 2 unspecified atom stereocenters. The van der Waals surface area contributed by atoms with Crippen molar-refractivity contribution in [2.75, 3.05) is 18.0 Å². The van der Waals surface area contributed by atoms with Gasteiger partial charge in [-0.05, 0) is 24.5 Å². The van der Waals surface area contributed by atoms with Crippen molar-refractivity contribution in [3.63, 3.8) is 0 Å². The third-order valence-corrected chi connectivity index (χ3v) is 4.26. The molecule has 0 bridgehead atoms. The first-order valence-corrected chi connectivity index (χ1v) is 7.26. The van der Waals surface area contributed by atoms with E-state index in [1.165, 1.54) is 0 Å². The summed E-state index contributed by atoms with van der Waals surface area (Å²) < 4.78 is 0. The summed E-state index contributed by atoms with van der Waals surface area (Å²) in [6.07, 6.45) is 0.932. The van der Waals surface area contributed by atoms with Crippen molar-refractivity contribution in [3.8, 4) is 0 Å². The van der Waals surface area contributed by atoms with Gasteiger partial charge in [0.1, 0.15) is 5.82 Å². The number of fused-ring (bicyclic) bond motifs is 1. The van der Waals surface area contributed by atoms with Crippen molar-refractivity contribution in [3.05, 3.63) is 35.9 Å². The Morgan fingerprint density at radius 1 is 1.38 bits per heavy atom. The number of nitrogens with two attached hydrogens (primary N) is 2. The summed E-state index contributed by atoms with van der Waals surface area (Å²) in [6, 6.07) is 9.62. The minimum atomic E-state index is -0.420. The average Bonchev–Trinajstić information content (AvgIpc) is 2.48. The second kappa shape index (κ2) is 5.33. The van der Waals surface area contributed by atoms with E-state index in [1.807, 2.05) is 24.3 Å². The largest absolute Gasteiger partial charge is 0.366 e. The molecular formula is C16H20N4O. The molecule has 3 rings (SSSR count). The van der Waals surface area contributed by atoms with E-state index in [1.54, 1.807) is 6.07 Å². The van der Waals surface area contributed by atoms with Gasteiger partial charge < -0.3 is 16.4 Å². The molecule has 5 heteroatoms. The minimum Gasteiger partial charge on any atom is -0.366 e. The molecule has 0 aliphatic carbocycles. The number of benzene rings is 1. The van der Waals surface area contributed by atoms with Crippen molar-refractivity contribution in [1.82, 2.24) is 4.98 Å². The van der Waals surface area contributed by atoms with Crippen LogP contribution in [-0.4, -0.2) is 30.0 Å².